The second-order valence-electron chi connectivity index (χ2n) is 5.89. The van der Waals surface area contributed by atoms with E-state index >= 15 is 0 Å². The molecular formula is C21H22N2O2. The molecule has 0 bridgehead atoms. The second-order valence-corrected chi connectivity index (χ2v) is 5.89. The van der Waals surface area contributed by atoms with E-state index in [0.29, 0.717) is 13.2 Å². The fourth-order valence-electron chi connectivity index (χ4n) is 2.75. The van der Waals surface area contributed by atoms with Crippen molar-refractivity contribution in [2.24, 2.45) is 0 Å². The van der Waals surface area contributed by atoms with Gasteiger partial charge in [0.25, 0.3) is 0 Å². The summed E-state index contributed by atoms with van der Waals surface area (Å²) in [6.45, 7) is 3.13. The molecule has 0 saturated carbocycles. The minimum absolute atomic E-state index is 0.134. The largest absolute Gasteiger partial charge is 0.494 e. The molecule has 1 N–H and O–H groups in total. The fourth-order valence-corrected chi connectivity index (χ4v) is 2.75. The smallest absolute Gasteiger partial charge is 0.321 e. The average Bonchev–Trinajstić information content (AvgIpc) is 2.64. The molecule has 0 fully saturated rings. The first-order valence-corrected chi connectivity index (χ1v) is 8.39. The summed E-state index contributed by atoms with van der Waals surface area (Å²) in [6.07, 6.45) is 0. The molecule has 0 aliphatic carbocycles. The van der Waals surface area contributed by atoms with Crippen LogP contribution in [0.3, 0.4) is 0 Å². The first-order valence-electron chi connectivity index (χ1n) is 8.39. The van der Waals surface area contributed by atoms with Crippen LogP contribution in [0.15, 0.2) is 66.7 Å². The van der Waals surface area contributed by atoms with Crippen LogP contribution in [0.1, 0.15) is 12.5 Å². The van der Waals surface area contributed by atoms with Gasteiger partial charge in [0.1, 0.15) is 5.75 Å². The number of ether oxygens (including phenoxy) is 1. The number of fused-ring (bicyclic) bond motifs is 1. The van der Waals surface area contributed by atoms with Crippen LogP contribution in [0.5, 0.6) is 5.75 Å². The average molecular weight is 334 g/mol. The van der Waals surface area contributed by atoms with Gasteiger partial charge >= 0.3 is 6.03 Å². The first-order chi connectivity index (χ1) is 12.2. The number of benzene rings is 3. The molecule has 0 aliphatic heterocycles. The lowest BCUT2D eigenvalue weighted by molar-refractivity contribution is 0.220. The maximum Gasteiger partial charge on any atom is 0.321 e. The number of carbonyl (C=O) groups excluding carboxylic acids is 1. The van der Waals surface area contributed by atoms with Crippen molar-refractivity contribution in [3.05, 3.63) is 72.3 Å². The number of urea groups is 1. The topological polar surface area (TPSA) is 41.6 Å². The van der Waals surface area contributed by atoms with Gasteiger partial charge in [0, 0.05) is 19.0 Å². The Morgan fingerprint density at radius 2 is 1.72 bits per heavy atom. The number of nitrogens with zero attached hydrogens (tertiary/aromatic N) is 1. The van der Waals surface area contributed by atoms with Crippen molar-refractivity contribution in [1.82, 2.24) is 4.90 Å². The molecule has 0 aromatic heterocycles. The monoisotopic (exact) mass is 334 g/mol. The summed E-state index contributed by atoms with van der Waals surface area (Å²) in [5.41, 5.74) is 1.88. The summed E-state index contributed by atoms with van der Waals surface area (Å²) >= 11 is 0. The summed E-state index contributed by atoms with van der Waals surface area (Å²) in [5, 5.41) is 5.14. The van der Waals surface area contributed by atoms with Gasteiger partial charge in [-0.1, -0.05) is 48.5 Å². The molecule has 0 unspecified atom stereocenters. The molecule has 0 radical (unpaired) electrons. The van der Waals surface area contributed by atoms with E-state index in [1.165, 1.54) is 0 Å². The van der Waals surface area contributed by atoms with Crippen LogP contribution in [0, 0.1) is 0 Å². The molecule has 2 amide bonds. The summed E-state index contributed by atoms with van der Waals surface area (Å²) < 4.78 is 5.44. The summed E-state index contributed by atoms with van der Waals surface area (Å²) in [5.74, 6) is 0.842. The number of nitrogens with one attached hydrogen (secondary N) is 1. The fraction of sp³-hybridized carbons (Fsp3) is 0.190. The number of rotatable bonds is 5. The molecule has 128 valence electrons. The van der Waals surface area contributed by atoms with Crippen molar-refractivity contribution in [3.8, 4) is 5.75 Å². The third kappa shape index (κ3) is 4.10. The summed E-state index contributed by atoms with van der Waals surface area (Å²) in [4.78, 5) is 14.2. The second kappa shape index (κ2) is 7.71. The van der Waals surface area contributed by atoms with E-state index in [9.17, 15) is 4.79 Å². The predicted molar refractivity (Wildman–Crippen MR) is 102 cm³/mol. The lowest BCUT2D eigenvalue weighted by Gasteiger charge is -2.19. The zero-order chi connectivity index (χ0) is 17.6. The highest BCUT2D eigenvalue weighted by atomic mass is 16.5. The Morgan fingerprint density at radius 1 is 1.00 bits per heavy atom. The van der Waals surface area contributed by atoms with Gasteiger partial charge in [-0.3, -0.25) is 0 Å². The minimum Gasteiger partial charge on any atom is -0.494 e. The number of hydrogen-bond donors (Lipinski definition) is 1. The van der Waals surface area contributed by atoms with Crippen molar-refractivity contribution in [2.75, 3.05) is 19.0 Å². The van der Waals surface area contributed by atoms with Gasteiger partial charge in [-0.15, -0.1) is 0 Å². The van der Waals surface area contributed by atoms with Gasteiger partial charge in [0.2, 0.25) is 0 Å². The van der Waals surface area contributed by atoms with Crippen molar-refractivity contribution >= 4 is 22.5 Å². The zero-order valence-corrected chi connectivity index (χ0v) is 14.5. The summed E-state index contributed by atoms with van der Waals surface area (Å²) in [7, 11) is 1.79. The summed E-state index contributed by atoms with van der Waals surface area (Å²) in [6, 6.07) is 21.6. The van der Waals surface area contributed by atoms with E-state index in [1.807, 2.05) is 73.7 Å². The maximum absolute atomic E-state index is 12.5. The third-order valence-electron chi connectivity index (χ3n) is 4.03. The molecular weight excluding hydrogens is 312 g/mol. The molecule has 0 heterocycles. The molecule has 0 spiro atoms. The predicted octanol–water partition coefficient (Wildman–Crippen LogP) is 4.90. The van der Waals surface area contributed by atoms with Crippen LogP contribution >= 0.6 is 0 Å². The highest BCUT2D eigenvalue weighted by Crippen LogP contribution is 2.23. The van der Waals surface area contributed by atoms with E-state index < -0.39 is 0 Å². The van der Waals surface area contributed by atoms with Gasteiger partial charge in [-0.25, -0.2) is 4.79 Å². The normalized spacial score (nSPS) is 10.5. The quantitative estimate of drug-likeness (QED) is 0.721. The van der Waals surface area contributed by atoms with Crippen molar-refractivity contribution in [1.29, 1.82) is 0 Å². The molecule has 4 heteroatoms. The van der Waals surface area contributed by atoms with Crippen LogP contribution in [0.2, 0.25) is 0 Å². The van der Waals surface area contributed by atoms with Gasteiger partial charge in [-0.05, 0) is 36.1 Å². The lowest BCUT2D eigenvalue weighted by atomic mass is 10.1. The van der Waals surface area contributed by atoms with E-state index in [-0.39, 0.29) is 6.03 Å². The molecule has 0 aliphatic rings. The standard InChI is InChI=1S/C21H22N2O2/c1-3-25-18-13-11-16(12-14-18)15-23(2)21(24)22-20-10-6-8-17-7-4-5-9-19(17)20/h4-14H,3,15H2,1-2H3,(H,22,24). The Kier molecular flexibility index (Phi) is 5.19. The third-order valence-corrected chi connectivity index (χ3v) is 4.03. The molecule has 25 heavy (non-hydrogen) atoms. The molecule has 3 aromatic rings. The zero-order valence-electron chi connectivity index (χ0n) is 14.5. The van der Waals surface area contributed by atoms with Gasteiger partial charge < -0.3 is 15.0 Å². The Balaban J connectivity index is 1.68. The van der Waals surface area contributed by atoms with Crippen LogP contribution in [0.25, 0.3) is 10.8 Å². The number of hydrogen-bond acceptors (Lipinski definition) is 2. The van der Waals surface area contributed by atoms with Crippen LogP contribution in [-0.2, 0) is 6.54 Å². The highest BCUT2D eigenvalue weighted by Gasteiger charge is 2.11. The SMILES string of the molecule is CCOc1ccc(CN(C)C(=O)Nc2cccc3ccccc23)cc1. The molecule has 0 atom stereocenters. The van der Waals surface area contributed by atoms with Crippen molar-refractivity contribution in [3.63, 3.8) is 0 Å². The van der Waals surface area contributed by atoms with Crippen LogP contribution in [-0.4, -0.2) is 24.6 Å². The Hall–Kier alpha value is -3.01. The van der Waals surface area contributed by atoms with Gasteiger partial charge in [0.05, 0.1) is 12.3 Å². The van der Waals surface area contributed by atoms with E-state index in [1.54, 1.807) is 11.9 Å². The molecule has 3 aromatic carbocycles. The Bertz CT molecular complexity index is 854. The number of carbonyl (C=O) groups is 1. The lowest BCUT2D eigenvalue weighted by Crippen LogP contribution is -2.30. The van der Waals surface area contributed by atoms with E-state index in [4.69, 9.17) is 4.74 Å². The van der Waals surface area contributed by atoms with Gasteiger partial charge in [-0.2, -0.15) is 0 Å². The van der Waals surface area contributed by atoms with Crippen LogP contribution < -0.4 is 10.1 Å². The van der Waals surface area contributed by atoms with Crippen molar-refractivity contribution < 1.29 is 9.53 Å². The number of anilines is 1. The molecule has 4 nitrogen and oxygen atoms in total. The highest BCUT2D eigenvalue weighted by molar-refractivity contribution is 6.01. The molecule has 3 rings (SSSR count). The van der Waals surface area contributed by atoms with E-state index in [2.05, 4.69) is 5.32 Å². The van der Waals surface area contributed by atoms with Gasteiger partial charge in [0.15, 0.2) is 0 Å². The maximum atomic E-state index is 12.5. The first kappa shape index (κ1) is 16.8. The Labute approximate surface area is 148 Å². The van der Waals surface area contributed by atoms with Crippen molar-refractivity contribution in [2.45, 2.75) is 13.5 Å². The number of amides is 2. The van der Waals surface area contributed by atoms with E-state index in [0.717, 1.165) is 27.8 Å². The van der Waals surface area contributed by atoms with Crippen LogP contribution in [0.4, 0.5) is 10.5 Å². The Morgan fingerprint density at radius 3 is 2.48 bits per heavy atom. The minimum atomic E-state index is -0.134. The molecule has 0 saturated heterocycles.